The van der Waals surface area contributed by atoms with Gasteiger partial charge in [-0.05, 0) is 36.6 Å². The summed E-state index contributed by atoms with van der Waals surface area (Å²) in [6, 6.07) is 9.53. The standard InChI is InChI=1S/C20H19BrN4O4S/c1-26-14-7-10(8-15(27-2)17(14)28-3)18-22-13-6-5-11(21)9-12(13)16-19(29-18)23-20(30-4)25-24-16/h5-9,18,22H,1-4H3. The van der Waals surface area contributed by atoms with Gasteiger partial charge in [0, 0.05) is 21.3 Å². The lowest BCUT2D eigenvalue weighted by Gasteiger charge is -2.21. The van der Waals surface area contributed by atoms with Gasteiger partial charge in [-0.15, -0.1) is 10.2 Å². The molecule has 2 heterocycles. The summed E-state index contributed by atoms with van der Waals surface area (Å²) in [5.41, 5.74) is 3.01. The number of methoxy groups -OCH3 is 3. The molecule has 1 aliphatic heterocycles. The van der Waals surface area contributed by atoms with Crippen molar-refractivity contribution in [3.63, 3.8) is 0 Å². The Balaban J connectivity index is 1.87. The number of hydrogen-bond donors (Lipinski definition) is 1. The van der Waals surface area contributed by atoms with Crippen LogP contribution in [0.5, 0.6) is 23.1 Å². The maximum Gasteiger partial charge on any atom is 0.247 e. The molecule has 0 spiro atoms. The molecule has 0 aliphatic carbocycles. The summed E-state index contributed by atoms with van der Waals surface area (Å²) in [6.07, 6.45) is 1.31. The molecule has 1 aromatic heterocycles. The molecular formula is C20H19BrN4O4S. The zero-order valence-corrected chi connectivity index (χ0v) is 19.1. The predicted octanol–water partition coefficient (Wildman–Crippen LogP) is 4.55. The molecule has 0 bridgehead atoms. The molecule has 1 aliphatic rings. The zero-order valence-electron chi connectivity index (χ0n) is 16.7. The third-order valence-corrected chi connectivity index (χ3v) is 5.59. The second kappa shape index (κ2) is 8.57. The highest BCUT2D eigenvalue weighted by molar-refractivity contribution is 9.10. The molecule has 1 N–H and O–H groups in total. The maximum atomic E-state index is 6.28. The minimum atomic E-state index is -0.578. The molecule has 0 radical (unpaired) electrons. The molecule has 0 fully saturated rings. The number of aromatic nitrogens is 3. The topological polar surface area (TPSA) is 87.6 Å². The van der Waals surface area contributed by atoms with E-state index in [1.165, 1.54) is 11.8 Å². The third-order valence-electron chi connectivity index (χ3n) is 4.56. The van der Waals surface area contributed by atoms with Crippen molar-refractivity contribution in [3.8, 4) is 34.4 Å². The van der Waals surface area contributed by atoms with Gasteiger partial charge in [0.1, 0.15) is 0 Å². The summed E-state index contributed by atoms with van der Waals surface area (Å²) in [6.45, 7) is 0. The van der Waals surface area contributed by atoms with Gasteiger partial charge in [-0.3, -0.25) is 0 Å². The number of halogens is 1. The number of thioether (sulfide) groups is 1. The zero-order chi connectivity index (χ0) is 21.3. The average molecular weight is 491 g/mol. The van der Waals surface area contributed by atoms with Crippen molar-refractivity contribution < 1.29 is 18.9 Å². The summed E-state index contributed by atoms with van der Waals surface area (Å²) >= 11 is 4.92. The summed E-state index contributed by atoms with van der Waals surface area (Å²) in [4.78, 5) is 4.54. The first-order valence-corrected chi connectivity index (χ1v) is 10.9. The smallest absolute Gasteiger partial charge is 0.247 e. The minimum Gasteiger partial charge on any atom is -0.493 e. The summed E-state index contributed by atoms with van der Waals surface area (Å²) in [7, 11) is 4.72. The second-order valence-electron chi connectivity index (χ2n) is 6.24. The number of hydrogen-bond acceptors (Lipinski definition) is 9. The summed E-state index contributed by atoms with van der Waals surface area (Å²) in [5.74, 6) is 1.96. The maximum absolute atomic E-state index is 6.28. The van der Waals surface area contributed by atoms with Gasteiger partial charge in [0.15, 0.2) is 23.4 Å². The van der Waals surface area contributed by atoms with Crippen molar-refractivity contribution in [2.75, 3.05) is 32.9 Å². The van der Waals surface area contributed by atoms with E-state index in [9.17, 15) is 0 Å². The first kappa shape index (κ1) is 20.5. The van der Waals surface area contributed by atoms with Crippen molar-refractivity contribution >= 4 is 33.4 Å². The van der Waals surface area contributed by atoms with Crippen molar-refractivity contribution in [1.29, 1.82) is 0 Å². The highest BCUT2D eigenvalue weighted by Crippen LogP contribution is 2.44. The molecule has 1 unspecified atom stereocenters. The number of nitrogens with zero attached hydrogens (tertiary/aromatic N) is 3. The highest BCUT2D eigenvalue weighted by Gasteiger charge is 2.28. The Labute approximate surface area is 186 Å². The molecular weight excluding hydrogens is 472 g/mol. The summed E-state index contributed by atoms with van der Waals surface area (Å²) < 4.78 is 23.6. The molecule has 0 saturated carbocycles. The molecule has 156 valence electrons. The fourth-order valence-corrected chi connectivity index (χ4v) is 3.82. The molecule has 30 heavy (non-hydrogen) atoms. The van der Waals surface area contributed by atoms with E-state index in [4.69, 9.17) is 18.9 Å². The molecule has 10 heteroatoms. The van der Waals surface area contributed by atoms with E-state index in [2.05, 4.69) is 36.4 Å². The average Bonchev–Trinajstić information content (AvgIpc) is 2.93. The monoisotopic (exact) mass is 490 g/mol. The van der Waals surface area contributed by atoms with Crippen LogP contribution in [0.15, 0.2) is 40.0 Å². The van der Waals surface area contributed by atoms with E-state index in [0.29, 0.717) is 34.0 Å². The minimum absolute atomic E-state index is 0.387. The normalized spacial score (nSPS) is 14.5. The van der Waals surface area contributed by atoms with Crippen LogP contribution in [0.3, 0.4) is 0 Å². The number of fused-ring (bicyclic) bond motifs is 3. The van der Waals surface area contributed by atoms with Gasteiger partial charge >= 0.3 is 0 Å². The van der Waals surface area contributed by atoms with Crippen LogP contribution in [0.25, 0.3) is 11.3 Å². The lowest BCUT2D eigenvalue weighted by molar-refractivity contribution is 0.223. The number of nitrogens with one attached hydrogen (secondary N) is 1. The Morgan fingerprint density at radius 3 is 2.40 bits per heavy atom. The van der Waals surface area contributed by atoms with Crippen molar-refractivity contribution in [2.24, 2.45) is 0 Å². The van der Waals surface area contributed by atoms with E-state index < -0.39 is 6.23 Å². The molecule has 4 rings (SSSR count). The number of anilines is 1. The molecule has 0 saturated heterocycles. The van der Waals surface area contributed by atoms with Crippen molar-refractivity contribution in [1.82, 2.24) is 15.2 Å². The Morgan fingerprint density at radius 1 is 1.03 bits per heavy atom. The van der Waals surface area contributed by atoms with Gasteiger partial charge in [-0.1, -0.05) is 27.7 Å². The number of ether oxygens (including phenoxy) is 4. The predicted molar refractivity (Wildman–Crippen MR) is 118 cm³/mol. The van der Waals surface area contributed by atoms with Gasteiger partial charge in [-0.25, -0.2) is 0 Å². The molecule has 3 aromatic rings. The second-order valence-corrected chi connectivity index (χ2v) is 7.93. The Hall–Kier alpha value is -2.72. The molecule has 0 amide bonds. The lowest BCUT2D eigenvalue weighted by Crippen LogP contribution is -2.17. The van der Waals surface area contributed by atoms with Crippen LogP contribution in [0.4, 0.5) is 5.69 Å². The van der Waals surface area contributed by atoms with Gasteiger partial charge in [0.25, 0.3) is 0 Å². The van der Waals surface area contributed by atoms with Crippen LogP contribution in [0.2, 0.25) is 0 Å². The van der Waals surface area contributed by atoms with Crippen LogP contribution in [0.1, 0.15) is 11.8 Å². The number of rotatable bonds is 5. The quantitative estimate of drug-likeness (QED) is 0.517. The lowest BCUT2D eigenvalue weighted by atomic mass is 10.1. The van der Waals surface area contributed by atoms with Crippen molar-refractivity contribution in [2.45, 2.75) is 11.4 Å². The van der Waals surface area contributed by atoms with E-state index in [1.54, 1.807) is 21.3 Å². The largest absolute Gasteiger partial charge is 0.493 e. The highest BCUT2D eigenvalue weighted by atomic mass is 79.9. The van der Waals surface area contributed by atoms with Gasteiger partial charge in [0.2, 0.25) is 16.8 Å². The molecule has 2 aromatic carbocycles. The third kappa shape index (κ3) is 3.72. The Morgan fingerprint density at radius 2 is 1.77 bits per heavy atom. The van der Waals surface area contributed by atoms with Gasteiger partial charge in [0.05, 0.1) is 21.3 Å². The molecule has 8 nitrogen and oxygen atoms in total. The van der Waals surface area contributed by atoms with E-state index >= 15 is 0 Å². The van der Waals surface area contributed by atoms with E-state index in [0.717, 1.165) is 21.3 Å². The van der Waals surface area contributed by atoms with Crippen LogP contribution >= 0.6 is 27.7 Å². The molecule has 1 atom stereocenters. The van der Waals surface area contributed by atoms with Crippen molar-refractivity contribution in [3.05, 3.63) is 40.4 Å². The van der Waals surface area contributed by atoms with E-state index in [-0.39, 0.29) is 0 Å². The van der Waals surface area contributed by atoms with Gasteiger partial charge < -0.3 is 24.3 Å². The Kier molecular flexibility index (Phi) is 5.87. The Bertz CT molecular complexity index is 1070. The van der Waals surface area contributed by atoms with Crippen LogP contribution in [0, 0.1) is 0 Å². The first-order chi connectivity index (χ1) is 14.6. The fourth-order valence-electron chi connectivity index (χ4n) is 3.16. The van der Waals surface area contributed by atoms with E-state index in [1.807, 2.05) is 36.6 Å². The van der Waals surface area contributed by atoms with Crippen LogP contribution in [-0.2, 0) is 0 Å². The van der Waals surface area contributed by atoms with Gasteiger partial charge in [-0.2, -0.15) is 4.98 Å². The summed E-state index contributed by atoms with van der Waals surface area (Å²) in [5, 5.41) is 12.5. The SMILES string of the molecule is COc1cc(C2Nc3ccc(Br)cc3-c3nnc(SC)nc3O2)cc(OC)c1OC. The number of benzene rings is 2. The van der Waals surface area contributed by atoms with Crippen LogP contribution < -0.4 is 24.3 Å². The first-order valence-electron chi connectivity index (χ1n) is 8.89. The fraction of sp³-hybridized carbons (Fsp3) is 0.250. The van der Waals surface area contributed by atoms with Crippen LogP contribution in [-0.4, -0.2) is 42.8 Å².